The Labute approximate surface area is 151 Å². The average molecular weight is 357 g/mol. The Balaban J connectivity index is 1.56. The standard InChI is InChI=1S/C18H23N5O3/c1-12-10-17(21-20-12)14-6-8-22(9-7-14)13(2)18(24)19-15-4-3-5-16(11-15)23(25)26/h3-5,10-11,13-14H,6-9H2,1-2H3,(H,19,24)(H,20,21). The van der Waals surface area contributed by atoms with E-state index in [9.17, 15) is 14.9 Å². The van der Waals surface area contributed by atoms with Crippen molar-refractivity contribution in [2.24, 2.45) is 0 Å². The Morgan fingerprint density at radius 3 is 2.73 bits per heavy atom. The molecule has 2 heterocycles. The number of carbonyl (C=O) groups is 1. The van der Waals surface area contributed by atoms with Gasteiger partial charge in [-0.2, -0.15) is 5.10 Å². The first-order valence-corrected chi connectivity index (χ1v) is 8.75. The molecule has 2 N–H and O–H groups in total. The first-order valence-electron chi connectivity index (χ1n) is 8.75. The number of anilines is 1. The lowest BCUT2D eigenvalue weighted by Gasteiger charge is -2.34. The van der Waals surface area contributed by atoms with Gasteiger partial charge in [-0.05, 0) is 51.9 Å². The van der Waals surface area contributed by atoms with E-state index in [1.54, 1.807) is 12.1 Å². The number of H-pyrrole nitrogens is 1. The molecule has 0 saturated carbocycles. The van der Waals surface area contributed by atoms with Crippen LogP contribution in [0, 0.1) is 17.0 Å². The molecule has 0 spiro atoms. The number of nitro groups is 1. The number of rotatable bonds is 5. The molecule has 8 nitrogen and oxygen atoms in total. The minimum Gasteiger partial charge on any atom is -0.324 e. The van der Waals surface area contributed by atoms with Crippen LogP contribution in [0.3, 0.4) is 0 Å². The van der Waals surface area contributed by atoms with Crippen molar-refractivity contribution in [2.75, 3.05) is 18.4 Å². The molecule has 2 aromatic rings. The van der Waals surface area contributed by atoms with Crippen molar-refractivity contribution in [1.82, 2.24) is 15.1 Å². The molecule has 1 fully saturated rings. The topological polar surface area (TPSA) is 104 Å². The van der Waals surface area contributed by atoms with Crippen LogP contribution >= 0.6 is 0 Å². The number of hydrogen-bond acceptors (Lipinski definition) is 5. The van der Waals surface area contributed by atoms with Crippen molar-refractivity contribution < 1.29 is 9.72 Å². The van der Waals surface area contributed by atoms with Gasteiger partial charge < -0.3 is 5.32 Å². The molecule has 1 amide bonds. The summed E-state index contributed by atoms with van der Waals surface area (Å²) in [6, 6.07) is 7.78. The lowest BCUT2D eigenvalue weighted by molar-refractivity contribution is -0.384. The number of nitrogens with zero attached hydrogens (tertiary/aromatic N) is 3. The lowest BCUT2D eigenvalue weighted by atomic mass is 9.92. The zero-order valence-corrected chi connectivity index (χ0v) is 14.9. The summed E-state index contributed by atoms with van der Waals surface area (Å²) in [7, 11) is 0. The average Bonchev–Trinajstić information content (AvgIpc) is 3.08. The summed E-state index contributed by atoms with van der Waals surface area (Å²) >= 11 is 0. The molecule has 0 aliphatic carbocycles. The molecule has 0 radical (unpaired) electrons. The highest BCUT2D eigenvalue weighted by Crippen LogP contribution is 2.28. The Bertz CT molecular complexity index is 796. The number of likely N-dealkylation sites (tertiary alicyclic amines) is 1. The maximum absolute atomic E-state index is 12.5. The second kappa shape index (κ2) is 7.65. The van der Waals surface area contributed by atoms with E-state index in [0.29, 0.717) is 11.6 Å². The second-order valence-corrected chi connectivity index (χ2v) is 6.76. The first-order chi connectivity index (χ1) is 12.4. The van der Waals surface area contributed by atoms with Crippen LogP contribution in [0.15, 0.2) is 30.3 Å². The predicted octanol–water partition coefficient (Wildman–Crippen LogP) is 2.83. The van der Waals surface area contributed by atoms with Gasteiger partial charge in [0.1, 0.15) is 0 Å². The Morgan fingerprint density at radius 1 is 1.38 bits per heavy atom. The van der Waals surface area contributed by atoms with E-state index < -0.39 is 4.92 Å². The zero-order chi connectivity index (χ0) is 18.7. The number of hydrogen-bond donors (Lipinski definition) is 2. The second-order valence-electron chi connectivity index (χ2n) is 6.76. The number of aryl methyl sites for hydroxylation is 1. The van der Waals surface area contributed by atoms with Gasteiger partial charge in [0, 0.05) is 29.4 Å². The largest absolute Gasteiger partial charge is 0.324 e. The number of aromatic nitrogens is 2. The van der Waals surface area contributed by atoms with Gasteiger partial charge >= 0.3 is 0 Å². The van der Waals surface area contributed by atoms with E-state index in [0.717, 1.165) is 37.3 Å². The normalized spacial score (nSPS) is 17.0. The SMILES string of the molecule is Cc1cc(C2CCN(C(C)C(=O)Nc3cccc([N+](=O)[O-])c3)CC2)n[nH]1. The van der Waals surface area contributed by atoms with Crippen molar-refractivity contribution in [1.29, 1.82) is 0 Å². The van der Waals surface area contributed by atoms with Crippen LogP contribution in [0.1, 0.15) is 37.1 Å². The highest BCUT2D eigenvalue weighted by atomic mass is 16.6. The summed E-state index contributed by atoms with van der Waals surface area (Å²) in [5.41, 5.74) is 2.56. The Hall–Kier alpha value is -2.74. The van der Waals surface area contributed by atoms with Crippen molar-refractivity contribution in [3.63, 3.8) is 0 Å². The molecule has 1 aromatic heterocycles. The van der Waals surface area contributed by atoms with Crippen molar-refractivity contribution in [3.8, 4) is 0 Å². The predicted molar refractivity (Wildman–Crippen MR) is 98.1 cm³/mol. The molecule has 138 valence electrons. The number of non-ortho nitro benzene ring substituents is 1. The number of benzene rings is 1. The van der Waals surface area contributed by atoms with E-state index in [1.807, 2.05) is 13.8 Å². The van der Waals surface area contributed by atoms with Gasteiger partial charge in [0.05, 0.1) is 16.7 Å². The molecule has 1 aliphatic rings. The van der Waals surface area contributed by atoms with Crippen LogP contribution in [0.25, 0.3) is 0 Å². The Kier molecular flexibility index (Phi) is 5.32. The summed E-state index contributed by atoms with van der Waals surface area (Å²) in [6.45, 7) is 5.50. The van der Waals surface area contributed by atoms with E-state index >= 15 is 0 Å². The van der Waals surface area contributed by atoms with Crippen molar-refractivity contribution >= 4 is 17.3 Å². The number of nitro benzene ring substituents is 1. The van der Waals surface area contributed by atoms with Gasteiger partial charge in [-0.1, -0.05) is 6.07 Å². The number of amides is 1. The third-order valence-electron chi connectivity index (χ3n) is 4.93. The molecule has 1 saturated heterocycles. The zero-order valence-electron chi connectivity index (χ0n) is 14.9. The van der Waals surface area contributed by atoms with E-state index in [1.165, 1.54) is 12.1 Å². The van der Waals surface area contributed by atoms with E-state index in [-0.39, 0.29) is 17.6 Å². The molecule has 1 aliphatic heterocycles. The van der Waals surface area contributed by atoms with Gasteiger partial charge in [0.25, 0.3) is 5.69 Å². The fourth-order valence-electron chi connectivity index (χ4n) is 3.34. The summed E-state index contributed by atoms with van der Waals surface area (Å²) in [5.74, 6) is 0.266. The van der Waals surface area contributed by atoms with Gasteiger partial charge in [0.2, 0.25) is 5.91 Å². The van der Waals surface area contributed by atoms with Crippen LogP contribution in [-0.4, -0.2) is 45.1 Å². The van der Waals surface area contributed by atoms with Crippen molar-refractivity contribution in [3.05, 3.63) is 51.8 Å². The van der Waals surface area contributed by atoms with Crippen LogP contribution in [0.5, 0.6) is 0 Å². The first kappa shape index (κ1) is 18.1. The summed E-state index contributed by atoms with van der Waals surface area (Å²) < 4.78 is 0. The highest BCUT2D eigenvalue weighted by Gasteiger charge is 2.28. The van der Waals surface area contributed by atoms with Gasteiger partial charge in [-0.3, -0.25) is 24.9 Å². The molecular formula is C18H23N5O3. The monoisotopic (exact) mass is 357 g/mol. The molecule has 1 atom stereocenters. The lowest BCUT2D eigenvalue weighted by Crippen LogP contribution is -2.45. The molecular weight excluding hydrogens is 334 g/mol. The van der Waals surface area contributed by atoms with Crippen LogP contribution in [0.2, 0.25) is 0 Å². The van der Waals surface area contributed by atoms with Crippen LogP contribution < -0.4 is 5.32 Å². The van der Waals surface area contributed by atoms with Crippen LogP contribution in [-0.2, 0) is 4.79 Å². The van der Waals surface area contributed by atoms with Gasteiger partial charge in [-0.25, -0.2) is 0 Å². The third-order valence-corrected chi connectivity index (χ3v) is 4.93. The molecule has 1 aromatic carbocycles. The van der Waals surface area contributed by atoms with Gasteiger partial charge in [-0.15, -0.1) is 0 Å². The third kappa shape index (κ3) is 4.08. The fourth-order valence-corrected chi connectivity index (χ4v) is 3.34. The Morgan fingerprint density at radius 2 is 2.12 bits per heavy atom. The van der Waals surface area contributed by atoms with E-state index in [2.05, 4.69) is 26.5 Å². The van der Waals surface area contributed by atoms with Gasteiger partial charge in [0.15, 0.2) is 0 Å². The number of carbonyl (C=O) groups excluding carboxylic acids is 1. The molecule has 26 heavy (non-hydrogen) atoms. The smallest absolute Gasteiger partial charge is 0.271 e. The summed E-state index contributed by atoms with van der Waals surface area (Å²) in [6.07, 6.45) is 1.91. The van der Waals surface area contributed by atoms with Crippen LogP contribution in [0.4, 0.5) is 11.4 Å². The molecule has 0 bridgehead atoms. The molecule has 8 heteroatoms. The quantitative estimate of drug-likeness (QED) is 0.632. The molecule has 1 unspecified atom stereocenters. The number of aromatic amines is 1. The summed E-state index contributed by atoms with van der Waals surface area (Å²) in [4.78, 5) is 25.0. The molecule has 3 rings (SSSR count). The van der Waals surface area contributed by atoms with Crippen molar-refractivity contribution in [2.45, 2.75) is 38.6 Å². The van der Waals surface area contributed by atoms with E-state index in [4.69, 9.17) is 0 Å². The fraction of sp³-hybridized carbons (Fsp3) is 0.444. The summed E-state index contributed by atoms with van der Waals surface area (Å²) in [5, 5.41) is 21.0. The highest BCUT2D eigenvalue weighted by molar-refractivity contribution is 5.94. The minimum absolute atomic E-state index is 0.0365. The maximum atomic E-state index is 12.5. The minimum atomic E-state index is -0.472. The number of piperidine rings is 1. The number of nitrogens with one attached hydrogen (secondary N) is 2. The maximum Gasteiger partial charge on any atom is 0.271 e.